The summed E-state index contributed by atoms with van der Waals surface area (Å²) in [6.07, 6.45) is 3.56. The predicted molar refractivity (Wildman–Crippen MR) is 103 cm³/mol. The number of anilines is 2. The molecule has 3 N–H and O–H groups in total. The van der Waals surface area contributed by atoms with E-state index in [1.807, 2.05) is 42.2 Å². The average Bonchev–Trinajstić information content (AvgIpc) is 2.68. The van der Waals surface area contributed by atoms with E-state index in [9.17, 15) is 4.79 Å². The first-order valence-electron chi connectivity index (χ1n) is 9.00. The Morgan fingerprint density at radius 3 is 2.69 bits per heavy atom. The van der Waals surface area contributed by atoms with Gasteiger partial charge in [-0.3, -0.25) is 4.79 Å². The van der Waals surface area contributed by atoms with E-state index >= 15 is 0 Å². The van der Waals surface area contributed by atoms with Gasteiger partial charge in [0.05, 0.1) is 18.4 Å². The van der Waals surface area contributed by atoms with Gasteiger partial charge in [-0.1, -0.05) is 12.1 Å². The molecule has 1 atom stereocenters. The number of nitrogens with one attached hydrogen (secondary N) is 1. The Morgan fingerprint density at radius 1 is 1.27 bits per heavy atom. The highest BCUT2D eigenvalue weighted by Crippen LogP contribution is 2.29. The average molecular weight is 354 g/mol. The smallest absolute Gasteiger partial charge is 0.257 e. The summed E-state index contributed by atoms with van der Waals surface area (Å²) in [5.74, 6) is 1.73. The van der Waals surface area contributed by atoms with Crippen LogP contribution >= 0.6 is 0 Å². The SMILES string of the molecule is COc1ccccc1Nc1ncccc1C(=O)N1CCC(C(C)N)CC1. The van der Waals surface area contributed by atoms with Crippen LogP contribution in [0.2, 0.25) is 0 Å². The number of carbonyl (C=O) groups excluding carboxylic acids is 1. The van der Waals surface area contributed by atoms with Crippen molar-refractivity contribution in [1.82, 2.24) is 9.88 Å². The summed E-state index contributed by atoms with van der Waals surface area (Å²) in [5, 5.41) is 3.24. The zero-order chi connectivity index (χ0) is 18.5. The molecule has 0 aliphatic carbocycles. The van der Waals surface area contributed by atoms with Gasteiger partial charge in [-0.25, -0.2) is 4.98 Å². The maximum Gasteiger partial charge on any atom is 0.257 e. The second-order valence-corrected chi connectivity index (χ2v) is 6.71. The molecule has 1 fully saturated rings. The fourth-order valence-electron chi connectivity index (χ4n) is 3.35. The first-order chi connectivity index (χ1) is 12.6. The van der Waals surface area contributed by atoms with E-state index in [0.717, 1.165) is 31.6 Å². The van der Waals surface area contributed by atoms with Gasteiger partial charge in [0, 0.05) is 25.3 Å². The van der Waals surface area contributed by atoms with Crippen molar-refractivity contribution in [3.05, 3.63) is 48.2 Å². The minimum Gasteiger partial charge on any atom is -0.495 e. The third-order valence-electron chi connectivity index (χ3n) is 4.97. The fraction of sp³-hybridized carbons (Fsp3) is 0.400. The van der Waals surface area contributed by atoms with Crippen LogP contribution in [0.15, 0.2) is 42.6 Å². The number of nitrogens with zero attached hydrogens (tertiary/aromatic N) is 2. The number of hydrogen-bond donors (Lipinski definition) is 2. The molecule has 0 spiro atoms. The number of hydrogen-bond acceptors (Lipinski definition) is 5. The molecule has 0 saturated carbocycles. The number of pyridine rings is 1. The number of methoxy groups -OCH3 is 1. The third kappa shape index (κ3) is 3.96. The van der Waals surface area contributed by atoms with E-state index in [1.54, 1.807) is 19.4 Å². The Bertz CT molecular complexity index is 755. The van der Waals surface area contributed by atoms with Crippen molar-refractivity contribution in [2.24, 2.45) is 11.7 Å². The Labute approximate surface area is 154 Å². The lowest BCUT2D eigenvalue weighted by Gasteiger charge is -2.34. The van der Waals surface area contributed by atoms with Crippen molar-refractivity contribution in [3.63, 3.8) is 0 Å². The third-order valence-corrected chi connectivity index (χ3v) is 4.97. The summed E-state index contributed by atoms with van der Waals surface area (Å²) in [5.41, 5.74) is 7.35. The number of aromatic nitrogens is 1. The molecule has 0 radical (unpaired) electrons. The van der Waals surface area contributed by atoms with E-state index in [-0.39, 0.29) is 11.9 Å². The second-order valence-electron chi connectivity index (χ2n) is 6.71. The molecule has 3 rings (SSSR count). The minimum absolute atomic E-state index is 0.00128. The molecule has 1 aliphatic heterocycles. The van der Waals surface area contributed by atoms with E-state index in [0.29, 0.717) is 23.0 Å². The van der Waals surface area contributed by atoms with Gasteiger partial charge in [-0.05, 0) is 49.9 Å². The van der Waals surface area contributed by atoms with Crippen LogP contribution in [-0.4, -0.2) is 42.0 Å². The number of para-hydroxylation sites is 2. The summed E-state index contributed by atoms with van der Waals surface area (Å²) in [7, 11) is 1.62. The molecular weight excluding hydrogens is 328 g/mol. The number of ether oxygens (including phenoxy) is 1. The van der Waals surface area contributed by atoms with Crippen LogP contribution in [0.1, 0.15) is 30.1 Å². The van der Waals surface area contributed by atoms with Gasteiger partial charge >= 0.3 is 0 Å². The van der Waals surface area contributed by atoms with Gasteiger partial charge in [0.1, 0.15) is 11.6 Å². The van der Waals surface area contributed by atoms with Crippen molar-refractivity contribution in [1.29, 1.82) is 0 Å². The molecule has 2 heterocycles. The van der Waals surface area contributed by atoms with Crippen LogP contribution in [0, 0.1) is 5.92 Å². The molecule has 6 heteroatoms. The molecule has 138 valence electrons. The monoisotopic (exact) mass is 354 g/mol. The van der Waals surface area contributed by atoms with E-state index in [1.165, 1.54) is 0 Å². The zero-order valence-corrected chi connectivity index (χ0v) is 15.3. The highest BCUT2D eigenvalue weighted by Gasteiger charge is 2.27. The molecule has 26 heavy (non-hydrogen) atoms. The number of nitrogens with two attached hydrogens (primary N) is 1. The summed E-state index contributed by atoms with van der Waals surface area (Å²) in [4.78, 5) is 19.3. The Balaban J connectivity index is 1.78. The van der Waals surface area contributed by atoms with E-state index in [4.69, 9.17) is 10.5 Å². The largest absolute Gasteiger partial charge is 0.495 e. The van der Waals surface area contributed by atoms with Crippen LogP contribution in [-0.2, 0) is 0 Å². The molecule has 0 bridgehead atoms. The van der Waals surface area contributed by atoms with Crippen LogP contribution in [0.5, 0.6) is 5.75 Å². The molecule has 1 unspecified atom stereocenters. The lowest BCUT2D eigenvalue weighted by atomic mass is 9.90. The lowest BCUT2D eigenvalue weighted by molar-refractivity contribution is 0.0681. The quantitative estimate of drug-likeness (QED) is 0.863. The fourth-order valence-corrected chi connectivity index (χ4v) is 3.35. The number of likely N-dealkylation sites (tertiary alicyclic amines) is 1. The lowest BCUT2D eigenvalue weighted by Crippen LogP contribution is -2.42. The Kier molecular flexibility index (Phi) is 5.73. The van der Waals surface area contributed by atoms with Crippen molar-refractivity contribution >= 4 is 17.4 Å². The highest BCUT2D eigenvalue weighted by molar-refractivity contribution is 5.99. The Morgan fingerprint density at radius 2 is 2.00 bits per heavy atom. The highest BCUT2D eigenvalue weighted by atomic mass is 16.5. The zero-order valence-electron chi connectivity index (χ0n) is 15.3. The van der Waals surface area contributed by atoms with Crippen molar-refractivity contribution in [2.45, 2.75) is 25.8 Å². The summed E-state index contributed by atoms with van der Waals surface area (Å²) in [6, 6.07) is 11.3. The Hall–Kier alpha value is -2.60. The first-order valence-corrected chi connectivity index (χ1v) is 9.00. The second kappa shape index (κ2) is 8.19. The summed E-state index contributed by atoms with van der Waals surface area (Å²) >= 11 is 0. The van der Waals surface area contributed by atoms with Gasteiger partial charge in [0.25, 0.3) is 5.91 Å². The van der Waals surface area contributed by atoms with Gasteiger partial charge in [0.15, 0.2) is 0 Å². The number of piperidine rings is 1. The van der Waals surface area contributed by atoms with Crippen LogP contribution in [0.3, 0.4) is 0 Å². The molecule has 1 saturated heterocycles. The molecule has 1 amide bonds. The summed E-state index contributed by atoms with van der Waals surface area (Å²) in [6.45, 7) is 3.50. The minimum atomic E-state index is -0.00128. The topological polar surface area (TPSA) is 80.5 Å². The molecule has 1 aromatic heterocycles. The van der Waals surface area contributed by atoms with E-state index < -0.39 is 0 Å². The van der Waals surface area contributed by atoms with Gasteiger partial charge in [-0.15, -0.1) is 0 Å². The number of benzene rings is 1. The van der Waals surface area contributed by atoms with Crippen LogP contribution in [0.25, 0.3) is 0 Å². The number of amides is 1. The van der Waals surface area contributed by atoms with E-state index in [2.05, 4.69) is 10.3 Å². The van der Waals surface area contributed by atoms with Crippen LogP contribution < -0.4 is 15.8 Å². The summed E-state index contributed by atoms with van der Waals surface area (Å²) < 4.78 is 5.37. The number of carbonyl (C=O) groups is 1. The van der Waals surface area contributed by atoms with Crippen molar-refractivity contribution in [3.8, 4) is 5.75 Å². The molecule has 2 aromatic rings. The van der Waals surface area contributed by atoms with Gasteiger partial charge in [-0.2, -0.15) is 0 Å². The molecular formula is C20H26N4O2. The molecule has 1 aliphatic rings. The normalized spacial score (nSPS) is 16.2. The maximum atomic E-state index is 13.0. The maximum absolute atomic E-state index is 13.0. The van der Waals surface area contributed by atoms with Crippen molar-refractivity contribution < 1.29 is 9.53 Å². The standard InChI is InChI=1S/C20H26N4O2/c1-14(21)15-9-12-24(13-10-15)20(25)16-6-5-11-22-19(16)23-17-7-3-4-8-18(17)26-2/h3-8,11,14-15H,9-10,12-13,21H2,1-2H3,(H,22,23). The first kappa shape index (κ1) is 18.2. The number of rotatable bonds is 5. The predicted octanol–water partition coefficient (Wildman–Crippen LogP) is 3.03. The van der Waals surface area contributed by atoms with Gasteiger partial charge < -0.3 is 20.7 Å². The van der Waals surface area contributed by atoms with Gasteiger partial charge in [0.2, 0.25) is 0 Å². The molecule has 1 aromatic carbocycles. The van der Waals surface area contributed by atoms with Crippen molar-refractivity contribution in [2.75, 3.05) is 25.5 Å². The van der Waals surface area contributed by atoms with Crippen LogP contribution in [0.4, 0.5) is 11.5 Å². The molecule has 6 nitrogen and oxygen atoms in total.